The molecule has 3 amide bonds. The molecule has 25 heavy (non-hydrogen) atoms. The fraction of sp³-hybridized carbons (Fsp3) is 0.118. The fourth-order valence-corrected chi connectivity index (χ4v) is 2.43. The first kappa shape index (κ1) is 16.6. The number of imide groups is 1. The van der Waals surface area contributed by atoms with Gasteiger partial charge in [-0.25, -0.2) is 0 Å². The highest BCUT2D eigenvalue weighted by atomic mass is 19.3. The molecule has 3 rings (SSSR count). The molecule has 0 bridgehead atoms. The van der Waals surface area contributed by atoms with Crippen LogP contribution in [0.4, 0.5) is 14.5 Å². The van der Waals surface area contributed by atoms with Crippen molar-refractivity contribution in [2.75, 3.05) is 12.4 Å². The van der Waals surface area contributed by atoms with Gasteiger partial charge in [0.1, 0.15) is 5.75 Å². The number of amides is 3. The molecule has 0 aliphatic carbocycles. The van der Waals surface area contributed by atoms with Crippen molar-refractivity contribution in [1.82, 2.24) is 4.90 Å². The molecule has 0 saturated heterocycles. The highest BCUT2D eigenvalue weighted by Crippen LogP contribution is 2.25. The van der Waals surface area contributed by atoms with Crippen molar-refractivity contribution in [3.8, 4) is 5.75 Å². The zero-order valence-corrected chi connectivity index (χ0v) is 13.0. The summed E-state index contributed by atoms with van der Waals surface area (Å²) in [7, 11) is 1.38. The quantitative estimate of drug-likeness (QED) is 0.864. The lowest BCUT2D eigenvalue weighted by Gasteiger charge is -2.08. The summed E-state index contributed by atoms with van der Waals surface area (Å²) in [5.41, 5.74) is 1.06. The van der Waals surface area contributed by atoms with Crippen LogP contribution in [0, 0.1) is 0 Å². The van der Waals surface area contributed by atoms with E-state index in [1.807, 2.05) is 0 Å². The van der Waals surface area contributed by atoms with Crippen molar-refractivity contribution in [2.24, 2.45) is 0 Å². The Morgan fingerprint density at radius 1 is 1.04 bits per heavy atom. The average molecular weight is 346 g/mol. The molecule has 0 spiro atoms. The van der Waals surface area contributed by atoms with Crippen LogP contribution in [0.1, 0.15) is 31.1 Å². The lowest BCUT2D eigenvalue weighted by Crippen LogP contribution is -2.24. The van der Waals surface area contributed by atoms with E-state index >= 15 is 0 Å². The largest absolute Gasteiger partial charge is 0.435 e. The fourth-order valence-electron chi connectivity index (χ4n) is 2.43. The molecule has 0 unspecified atom stereocenters. The van der Waals surface area contributed by atoms with Crippen LogP contribution in [0.2, 0.25) is 0 Å². The Morgan fingerprint density at radius 2 is 1.68 bits per heavy atom. The molecule has 8 heteroatoms. The number of alkyl halides is 2. The first-order valence-electron chi connectivity index (χ1n) is 7.19. The first-order valence-corrected chi connectivity index (χ1v) is 7.19. The Bertz CT molecular complexity index is 865. The van der Waals surface area contributed by atoms with E-state index in [9.17, 15) is 23.2 Å². The lowest BCUT2D eigenvalue weighted by atomic mass is 10.1. The van der Waals surface area contributed by atoms with Crippen LogP contribution in [-0.2, 0) is 0 Å². The van der Waals surface area contributed by atoms with Gasteiger partial charge in [0.25, 0.3) is 17.7 Å². The predicted octanol–water partition coefficient (Wildman–Crippen LogP) is 2.77. The Balaban J connectivity index is 1.76. The summed E-state index contributed by atoms with van der Waals surface area (Å²) < 4.78 is 28.4. The maximum Gasteiger partial charge on any atom is 0.387 e. The number of nitrogens with zero attached hydrogens (tertiary/aromatic N) is 1. The summed E-state index contributed by atoms with van der Waals surface area (Å²) in [6, 6.07) is 9.57. The Kier molecular flexibility index (Phi) is 4.18. The summed E-state index contributed by atoms with van der Waals surface area (Å²) in [5.74, 6) is -1.39. The van der Waals surface area contributed by atoms with Crippen molar-refractivity contribution in [3.63, 3.8) is 0 Å². The Morgan fingerprint density at radius 3 is 2.32 bits per heavy atom. The standard InChI is InChI=1S/C17H12F2N2O4/c1-21-15(23)12-7-4-10(8-13(12)16(21)24)20-14(22)9-2-5-11(6-3-9)25-17(18)19/h2-8,17H,1H3,(H,20,22). The molecular weight excluding hydrogens is 334 g/mol. The molecule has 2 aromatic rings. The minimum atomic E-state index is -2.94. The molecule has 6 nitrogen and oxygen atoms in total. The number of halogens is 2. The molecule has 0 aromatic heterocycles. The van der Waals surface area contributed by atoms with Gasteiger partial charge in [-0.2, -0.15) is 8.78 Å². The SMILES string of the molecule is CN1C(=O)c2ccc(NC(=O)c3ccc(OC(F)F)cc3)cc2C1=O. The molecule has 2 aromatic carbocycles. The third-order valence-corrected chi connectivity index (χ3v) is 3.69. The third-order valence-electron chi connectivity index (χ3n) is 3.69. The maximum atomic E-state index is 12.2. The number of carbonyl (C=O) groups is 3. The molecule has 0 atom stereocenters. The highest BCUT2D eigenvalue weighted by molar-refractivity contribution is 6.21. The van der Waals surface area contributed by atoms with Gasteiger partial charge in [-0.15, -0.1) is 0 Å². The van der Waals surface area contributed by atoms with Gasteiger partial charge in [-0.1, -0.05) is 0 Å². The molecule has 0 saturated carbocycles. The van der Waals surface area contributed by atoms with Crippen molar-refractivity contribution >= 4 is 23.4 Å². The van der Waals surface area contributed by atoms with Crippen molar-refractivity contribution in [2.45, 2.75) is 6.61 Å². The number of nitrogens with one attached hydrogen (secondary N) is 1. The number of hydrogen-bond acceptors (Lipinski definition) is 4. The number of carbonyl (C=O) groups excluding carboxylic acids is 3. The van der Waals surface area contributed by atoms with E-state index in [4.69, 9.17) is 0 Å². The van der Waals surface area contributed by atoms with Gasteiger partial charge in [-0.05, 0) is 42.5 Å². The van der Waals surface area contributed by atoms with Crippen molar-refractivity contribution in [1.29, 1.82) is 0 Å². The monoisotopic (exact) mass is 346 g/mol. The van der Waals surface area contributed by atoms with Crippen LogP contribution in [0.3, 0.4) is 0 Å². The van der Waals surface area contributed by atoms with Crippen molar-refractivity contribution < 1.29 is 27.9 Å². The summed E-state index contributed by atoms with van der Waals surface area (Å²) >= 11 is 0. The normalized spacial score (nSPS) is 13.2. The van der Waals surface area contributed by atoms with Crippen LogP contribution < -0.4 is 10.1 Å². The van der Waals surface area contributed by atoms with E-state index in [1.165, 1.54) is 49.5 Å². The zero-order valence-electron chi connectivity index (χ0n) is 13.0. The summed E-state index contributed by atoms with van der Waals surface area (Å²) in [4.78, 5) is 37.0. The van der Waals surface area contributed by atoms with Gasteiger partial charge in [0.05, 0.1) is 11.1 Å². The predicted molar refractivity (Wildman–Crippen MR) is 83.9 cm³/mol. The minimum Gasteiger partial charge on any atom is -0.435 e. The third kappa shape index (κ3) is 3.18. The second-order valence-electron chi connectivity index (χ2n) is 5.29. The van der Waals surface area contributed by atoms with E-state index in [2.05, 4.69) is 10.1 Å². The smallest absolute Gasteiger partial charge is 0.387 e. The van der Waals surface area contributed by atoms with Crippen LogP contribution >= 0.6 is 0 Å². The highest BCUT2D eigenvalue weighted by Gasteiger charge is 2.32. The number of rotatable bonds is 4. The molecule has 128 valence electrons. The van der Waals surface area contributed by atoms with E-state index in [1.54, 1.807) is 0 Å². The van der Waals surface area contributed by atoms with Crippen LogP contribution in [0.5, 0.6) is 5.75 Å². The number of benzene rings is 2. The number of hydrogen-bond donors (Lipinski definition) is 1. The van der Waals surface area contributed by atoms with Gasteiger partial charge in [0.15, 0.2) is 0 Å². The molecule has 0 fully saturated rings. The minimum absolute atomic E-state index is 0.0590. The van der Waals surface area contributed by atoms with Gasteiger partial charge >= 0.3 is 6.61 Å². The lowest BCUT2D eigenvalue weighted by molar-refractivity contribution is -0.0498. The number of anilines is 1. The maximum absolute atomic E-state index is 12.2. The zero-order chi connectivity index (χ0) is 18.1. The summed E-state index contributed by atoms with van der Waals surface area (Å²) in [6.07, 6.45) is 0. The van der Waals surface area contributed by atoms with Crippen LogP contribution in [0.25, 0.3) is 0 Å². The second-order valence-corrected chi connectivity index (χ2v) is 5.29. The first-order chi connectivity index (χ1) is 11.9. The molecular formula is C17H12F2N2O4. The van der Waals surface area contributed by atoms with Crippen LogP contribution in [-0.4, -0.2) is 36.3 Å². The number of ether oxygens (including phenoxy) is 1. The molecule has 0 radical (unpaired) electrons. The number of fused-ring (bicyclic) bond motifs is 1. The van der Waals surface area contributed by atoms with Crippen LogP contribution in [0.15, 0.2) is 42.5 Å². The topological polar surface area (TPSA) is 75.7 Å². The molecule has 1 aliphatic heterocycles. The molecule has 1 heterocycles. The van der Waals surface area contributed by atoms with E-state index in [0.29, 0.717) is 5.69 Å². The summed E-state index contributed by atoms with van der Waals surface area (Å²) in [5, 5.41) is 2.59. The van der Waals surface area contributed by atoms with E-state index in [-0.39, 0.29) is 22.4 Å². The molecule has 1 aliphatic rings. The van der Waals surface area contributed by atoms with E-state index < -0.39 is 24.3 Å². The van der Waals surface area contributed by atoms with E-state index in [0.717, 1.165) is 4.90 Å². The van der Waals surface area contributed by atoms with Gasteiger partial charge in [0.2, 0.25) is 0 Å². The second kappa shape index (κ2) is 6.31. The summed E-state index contributed by atoms with van der Waals surface area (Å²) in [6.45, 7) is -2.94. The molecule has 1 N–H and O–H groups in total. The van der Waals surface area contributed by atoms with Gasteiger partial charge in [-0.3, -0.25) is 19.3 Å². The Labute approximate surface area is 141 Å². The van der Waals surface area contributed by atoms with Gasteiger partial charge in [0, 0.05) is 18.3 Å². The van der Waals surface area contributed by atoms with Gasteiger partial charge < -0.3 is 10.1 Å². The Hall–Kier alpha value is -3.29. The average Bonchev–Trinajstić information content (AvgIpc) is 2.79. The van der Waals surface area contributed by atoms with Crippen molar-refractivity contribution in [3.05, 3.63) is 59.2 Å².